The van der Waals surface area contributed by atoms with Gasteiger partial charge in [0, 0.05) is 27.8 Å². The van der Waals surface area contributed by atoms with Crippen molar-refractivity contribution < 1.29 is 14.3 Å². The van der Waals surface area contributed by atoms with Crippen molar-refractivity contribution in [2.75, 3.05) is 0 Å². The summed E-state index contributed by atoms with van der Waals surface area (Å²) in [5.74, 6) is -0.746. The predicted molar refractivity (Wildman–Crippen MR) is 63.9 cm³/mol. The van der Waals surface area contributed by atoms with Crippen molar-refractivity contribution in [1.82, 2.24) is 0 Å². The van der Waals surface area contributed by atoms with Gasteiger partial charge in [-0.25, -0.2) is 4.39 Å². The number of phenols is 1. The van der Waals surface area contributed by atoms with Crippen LogP contribution in [0.5, 0.6) is 5.75 Å². The van der Waals surface area contributed by atoms with Crippen molar-refractivity contribution in [2.24, 2.45) is 0 Å². The van der Waals surface area contributed by atoms with Gasteiger partial charge in [0.2, 0.25) is 0 Å². The first-order valence-corrected chi connectivity index (χ1v) is 5.23. The van der Waals surface area contributed by atoms with E-state index in [1.165, 1.54) is 24.3 Å². The number of carbonyl (C=O) groups excluding carboxylic acids is 1. The zero-order chi connectivity index (χ0) is 12.4. The third kappa shape index (κ3) is 2.29. The maximum absolute atomic E-state index is 13.6. The molecule has 0 unspecified atom stereocenters. The molecule has 1 N–H and O–H groups in total. The van der Waals surface area contributed by atoms with Crippen molar-refractivity contribution in [3.63, 3.8) is 0 Å². The Kier molecular flexibility index (Phi) is 3.11. The molecule has 0 aliphatic heterocycles. The van der Waals surface area contributed by atoms with E-state index >= 15 is 0 Å². The van der Waals surface area contributed by atoms with E-state index in [0.29, 0.717) is 22.4 Å². The summed E-state index contributed by atoms with van der Waals surface area (Å²) < 4.78 is 13.6. The molecule has 0 aromatic heterocycles. The molecule has 2 rings (SSSR count). The van der Waals surface area contributed by atoms with Gasteiger partial charge in [0.1, 0.15) is 17.9 Å². The molecular weight excluding hydrogens is 243 g/mol. The van der Waals surface area contributed by atoms with E-state index in [2.05, 4.69) is 0 Å². The summed E-state index contributed by atoms with van der Waals surface area (Å²) in [6.07, 6.45) is 0.665. The Morgan fingerprint density at radius 3 is 2.53 bits per heavy atom. The van der Waals surface area contributed by atoms with Gasteiger partial charge in [-0.2, -0.15) is 0 Å². The van der Waals surface area contributed by atoms with E-state index in [0.717, 1.165) is 6.07 Å². The predicted octanol–water partition coefficient (Wildman–Crippen LogP) is 3.66. The quantitative estimate of drug-likeness (QED) is 0.826. The summed E-state index contributed by atoms with van der Waals surface area (Å²) >= 11 is 5.95. The monoisotopic (exact) mass is 250 g/mol. The fourth-order valence-electron chi connectivity index (χ4n) is 1.55. The van der Waals surface area contributed by atoms with Crippen LogP contribution in [0.15, 0.2) is 36.4 Å². The van der Waals surface area contributed by atoms with E-state index in [1.54, 1.807) is 6.07 Å². The molecule has 0 aliphatic rings. The first-order valence-electron chi connectivity index (χ1n) is 4.85. The molecule has 0 fully saturated rings. The molecule has 2 aromatic rings. The lowest BCUT2D eigenvalue weighted by Gasteiger charge is -2.07. The average Bonchev–Trinajstić information content (AvgIpc) is 2.30. The largest absolute Gasteiger partial charge is 0.508 e. The van der Waals surface area contributed by atoms with Crippen LogP contribution in [-0.4, -0.2) is 11.4 Å². The molecule has 17 heavy (non-hydrogen) atoms. The van der Waals surface area contributed by atoms with Crippen LogP contribution < -0.4 is 0 Å². The van der Waals surface area contributed by atoms with Crippen LogP contribution in [0.3, 0.4) is 0 Å². The van der Waals surface area contributed by atoms with Crippen molar-refractivity contribution >= 4 is 17.9 Å². The fourth-order valence-corrected chi connectivity index (χ4v) is 1.76. The number of benzene rings is 2. The maximum Gasteiger partial charge on any atom is 0.150 e. The first-order chi connectivity index (χ1) is 8.11. The van der Waals surface area contributed by atoms with E-state index in [4.69, 9.17) is 16.7 Å². The van der Waals surface area contributed by atoms with Gasteiger partial charge >= 0.3 is 0 Å². The minimum Gasteiger partial charge on any atom is -0.508 e. The van der Waals surface area contributed by atoms with Gasteiger partial charge in [0.25, 0.3) is 0 Å². The molecule has 0 saturated heterocycles. The van der Waals surface area contributed by atoms with Crippen LogP contribution in [0.25, 0.3) is 11.1 Å². The highest BCUT2D eigenvalue weighted by Crippen LogP contribution is 2.31. The smallest absolute Gasteiger partial charge is 0.150 e. The molecule has 0 heterocycles. The lowest BCUT2D eigenvalue weighted by atomic mass is 10.0. The van der Waals surface area contributed by atoms with E-state index < -0.39 is 5.82 Å². The summed E-state index contributed by atoms with van der Waals surface area (Å²) in [7, 11) is 0. The summed E-state index contributed by atoms with van der Waals surface area (Å²) in [6.45, 7) is 0. The number of hydrogen-bond donors (Lipinski definition) is 1. The Morgan fingerprint density at radius 1 is 1.12 bits per heavy atom. The molecule has 0 radical (unpaired) electrons. The van der Waals surface area contributed by atoms with Gasteiger partial charge in [-0.3, -0.25) is 4.79 Å². The fraction of sp³-hybridized carbons (Fsp3) is 0. The number of hydrogen-bond acceptors (Lipinski definition) is 2. The molecule has 2 nitrogen and oxygen atoms in total. The van der Waals surface area contributed by atoms with E-state index in [1.807, 2.05) is 0 Å². The zero-order valence-corrected chi connectivity index (χ0v) is 9.41. The molecule has 0 atom stereocenters. The van der Waals surface area contributed by atoms with Crippen molar-refractivity contribution in [3.8, 4) is 16.9 Å². The van der Waals surface area contributed by atoms with Crippen LogP contribution in [0, 0.1) is 5.82 Å². The van der Waals surface area contributed by atoms with Crippen molar-refractivity contribution in [1.29, 1.82) is 0 Å². The second-order valence-electron chi connectivity index (χ2n) is 3.52. The van der Waals surface area contributed by atoms with Crippen LogP contribution in [0.1, 0.15) is 10.4 Å². The third-order valence-corrected chi connectivity index (χ3v) is 2.70. The number of aldehydes is 1. The molecule has 0 saturated carbocycles. The number of aromatic hydroxyl groups is 1. The van der Waals surface area contributed by atoms with Gasteiger partial charge in [0.05, 0.1) is 0 Å². The summed E-state index contributed by atoms with van der Waals surface area (Å²) in [6, 6.07) is 8.37. The number of carbonyl (C=O) groups is 1. The third-order valence-electron chi connectivity index (χ3n) is 2.37. The van der Waals surface area contributed by atoms with E-state index in [-0.39, 0.29) is 11.3 Å². The number of phenolic OH excluding ortho intramolecular Hbond substituents is 1. The van der Waals surface area contributed by atoms with Crippen molar-refractivity contribution in [3.05, 3.63) is 52.8 Å². The van der Waals surface area contributed by atoms with Crippen LogP contribution >= 0.6 is 11.6 Å². The number of halogens is 2. The van der Waals surface area contributed by atoms with Gasteiger partial charge < -0.3 is 5.11 Å². The first kappa shape index (κ1) is 11.6. The average molecular weight is 251 g/mol. The summed E-state index contributed by atoms with van der Waals surface area (Å²) in [5.41, 5.74) is 1.09. The molecule has 0 amide bonds. The minimum atomic E-state index is -0.588. The second-order valence-corrected chi connectivity index (χ2v) is 3.93. The topological polar surface area (TPSA) is 37.3 Å². The molecule has 86 valence electrons. The van der Waals surface area contributed by atoms with Crippen LogP contribution in [-0.2, 0) is 0 Å². The van der Waals surface area contributed by atoms with Crippen molar-refractivity contribution in [2.45, 2.75) is 0 Å². The SMILES string of the molecule is O=Cc1ccc(Cl)c(-c2ccc(O)cc2F)c1. The molecule has 0 bridgehead atoms. The minimum absolute atomic E-state index is 0.158. The summed E-state index contributed by atoms with van der Waals surface area (Å²) in [5, 5.41) is 9.47. The highest BCUT2D eigenvalue weighted by molar-refractivity contribution is 6.33. The van der Waals surface area contributed by atoms with E-state index in [9.17, 15) is 9.18 Å². The molecule has 0 spiro atoms. The van der Waals surface area contributed by atoms with Crippen LogP contribution in [0.2, 0.25) is 5.02 Å². The van der Waals surface area contributed by atoms with Gasteiger partial charge in [0.15, 0.2) is 0 Å². The Hall–Kier alpha value is -1.87. The normalized spacial score (nSPS) is 10.2. The summed E-state index contributed by atoms with van der Waals surface area (Å²) in [4.78, 5) is 10.7. The van der Waals surface area contributed by atoms with Gasteiger partial charge in [-0.05, 0) is 24.3 Å². The Morgan fingerprint density at radius 2 is 1.88 bits per heavy atom. The molecule has 0 aliphatic carbocycles. The highest BCUT2D eigenvalue weighted by atomic mass is 35.5. The highest BCUT2D eigenvalue weighted by Gasteiger charge is 2.10. The lowest BCUT2D eigenvalue weighted by molar-refractivity contribution is 0.112. The molecule has 4 heteroatoms. The standard InChI is InChI=1S/C13H8ClFO2/c14-12-4-1-8(7-16)5-11(12)10-3-2-9(17)6-13(10)15/h1-7,17H. The Balaban J connectivity index is 2.63. The van der Waals surface area contributed by atoms with Gasteiger partial charge in [-0.1, -0.05) is 17.7 Å². The number of rotatable bonds is 2. The lowest BCUT2D eigenvalue weighted by Crippen LogP contribution is -1.88. The van der Waals surface area contributed by atoms with Crippen LogP contribution in [0.4, 0.5) is 4.39 Å². The van der Waals surface area contributed by atoms with Gasteiger partial charge in [-0.15, -0.1) is 0 Å². The molecule has 2 aromatic carbocycles. The zero-order valence-electron chi connectivity index (χ0n) is 8.65. The Labute approximate surface area is 102 Å². The maximum atomic E-state index is 13.6. The second kappa shape index (κ2) is 4.55. The molecular formula is C13H8ClFO2. The Bertz CT molecular complexity index is 582.